The summed E-state index contributed by atoms with van der Waals surface area (Å²) in [7, 11) is 0. The van der Waals surface area contributed by atoms with E-state index in [9.17, 15) is 18.0 Å². The highest BCUT2D eigenvalue weighted by Crippen LogP contribution is 2.31. The molecule has 0 saturated heterocycles. The average molecular weight is 302 g/mol. The minimum atomic E-state index is -4.77. The molecule has 3 nitrogen and oxygen atoms in total. The van der Waals surface area contributed by atoms with E-state index in [1.54, 1.807) is 6.07 Å². The molecule has 2 aromatic rings. The number of hydrogen-bond donors (Lipinski definition) is 0. The Morgan fingerprint density at radius 3 is 2.65 bits per heavy atom. The fourth-order valence-electron chi connectivity index (χ4n) is 1.59. The quantitative estimate of drug-likeness (QED) is 0.632. The highest BCUT2D eigenvalue weighted by molar-refractivity contribution is 6.32. The van der Waals surface area contributed by atoms with Crippen LogP contribution in [0, 0.1) is 0 Å². The van der Waals surface area contributed by atoms with Gasteiger partial charge in [0.05, 0.1) is 0 Å². The third kappa shape index (κ3) is 3.48. The van der Waals surface area contributed by atoms with Gasteiger partial charge in [-0.05, 0) is 23.8 Å². The third-order valence-corrected chi connectivity index (χ3v) is 2.68. The van der Waals surface area contributed by atoms with Crippen LogP contribution >= 0.6 is 11.6 Å². The van der Waals surface area contributed by atoms with Crippen molar-refractivity contribution in [3.8, 4) is 16.9 Å². The van der Waals surface area contributed by atoms with Gasteiger partial charge in [-0.3, -0.25) is 4.79 Å². The molecule has 0 N–H and O–H groups in total. The zero-order chi connectivity index (χ0) is 14.8. The zero-order valence-corrected chi connectivity index (χ0v) is 10.6. The second kappa shape index (κ2) is 5.50. The van der Waals surface area contributed by atoms with Crippen LogP contribution in [-0.4, -0.2) is 17.6 Å². The number of carbonyl (C=O) groups is 1. The summed E-state index contributed by atoms with van der Waals surface area (Å²) >= 11 is 5.88. The molecule has 104 valence electrons. The van der Waals surface area contributed by atoms with E-state index in [4.69, 9.17) is 11.6 Å². The summed E-state index contributed by atoms with van der Waals surface area (Å²) in [4.78, 5) is 14.5. The first-order valence-corrected chi connectivity index (χ1v) is 5.74. The van der Waals surface area contributed by atoms with Gasteiger partial charge in [0.25, 0.3) is 0 Å². The summed E-state index contributed by atoms with van der Waals surface area (Å²) in [5, 5.41) is 0.0831. The number of aldehydes is 1. The lowest BCUT2D eigenvalue weighted by Crippen LogP contribution is -2.17. The maximum Gasteiger partial charge on any atom is 0.573 e. The fraction of sp³-hybridized carbons (Fsp3) is 0.0769. The van der Waals surface area contributed by atoms with Crippen LogP contribution in [0.15, 0.2) is 36.5 Å². The van der Waals surface area contributed by atoms with Crippen LogP contribution in [0.5, 0.6) is 5.75 Å². The van der Waals surface area contributed by atoms with Crippen molar-refractivity contribution in [2.24, 2.45) is 0 Å². The van der Waals surface area contributed by atoms with Crippen molar-refractivity contribution >= 4 is 17.9 Å². The molecule has 0 aliphatic rings. The predicted molar refractivity (Wildman–Crippen MR) is 66.8 cm³/mol. The Morgan fingerprint density at radius 1 is 1.25 bits per heavy atom. The maximum atomic E-state index is 12.2. The fourth-order valence-corrected chi connectivity index (χ4v) is 1.80. The van der Waals surface area contributed by atoms with Gasteiger partial charge in [-0.25, -0.2) is 4.98 Å². The van der Waals surface area contributed by atoms with Crippen LogP contribution in [0.2, 0.25) is 5.15 Å². The lowest BCUT2D eigenvalue weighted by Gasteiger charge is -2.10. The number of carbonyl (C=O) groups excluding carboxylic acids is 1. The molecule has 1 heterocycles. The van der Waals surface area contributed by atoms with E-state index >= 15 is 0 Å². The van der Waals surface area contributed by atoms with Crippen molar-refractivity contribution < 1.29 is 22.7 Å². The molecule has 0 saturated carbocycles. The minimum absolute atomic E-state index is 0.0831. The smallest absolute Gasteiger partial charge is 0.406 e. The van der Waals surface area contributed by atoms with Crippen molar-refractivity contribution in [3.05, 3.63) is 47.2 Å². The lowest BCUT2D eigenvalue weighted by molar-refractivity contribution is -0.274. The van der Waals surface area contributed by atoms with Crippen molar-refractivity contribution in [1.29, 1.82) is 0 Å². The van der Waals surface area contributed by atoms with E-state index in [1.807, 2.05) is 0 Å². The van der Waals surface area contributed by atoms with Crippen LogP contribution in [0.3, 0.4) is 0 Å². The zero-order valence-electron chi connectivity index (χ0n) is 9.82. The second-order valence-corrected chi connectivity index (χ2v) is 4.16. The van der Waals surface area contributed by atoms with E-state index in [0.29, 0.717) is 17.4 Å². The van der Waals surface area contributed by atoms with E-state index in [2.05, 4.69) is 9.72 Å². The van der Waals surface area contributed by atoms with Crippen molar-refractivity contribution in [1.82, 2.24) is 4.98 Å². The highest BCUT2D eigenvalue weighted by Gasteiger charge is 2.31. The van der Waals surface area contributed by atoms with Crippen LogP contribution in [-0.2, 0) is 0 Å². The number of halogens is 4. The molecule has 0 radical (unpaired) electrons. The number of nitrogens with zero attached hydrogens (tertiary/aromatic N) is 1. The molecule has 1 aromatic heterocycles. The number of alkyl halides is 3. The number of hydrogen-bond acceptors (Lipinski definition) is 3. The monoisotopic (exact) mass is 301 g/mol. The Morgan fingerprint density at radius 2 is 2.00 bits per heavy atom. The van der Waals surface area contributed by atoms with Gasteiger partial charge < -0.3 is 4.74 Å². The summed E-state index contributed by atoms with van der Waals surface area (Å²) in [6.45, 7) is 0. The minimum Gasteiger partial charge on any atom is -0.406 e. The van der Waals surface area contributed by atoms with Gasteiger partial charge in [0.15, 0.2) is 6.29 Å². The topological polar surface area (TPSA) is 39.2 Å². The standard InChI is InChI=1S/C13H7ClF3NO2/c14-12-11(4-8(7-19)6-18-12)9-2-1-3-10(5-9)20-13(15,16)17/h1-7H. The largest absolute Gasteiger partial charge is 0.573 e. The molecular weight excluding hydrogens is 295 g/mol. The van der Waals surface area contributed by atoms with Crippen molar-refractivity contribution in [3.63, 3.8) is 0 Å². The van der Waals surface area contributed by atoms with Gasteiger partial charge in [-0.15, -0.1) is 13.2 Å². The number of benzene rings is 1. The molecule has 2 rings (SSSR count). The number of pyridine rings is 1. The molecule has 0 atom stereocenters. The average Bonchev–Trinajstić information content (AvgIpc) is 2.37. The summed E-state index contributed by atoms with van der Waals surface area (Å²) in [6, 6.07) is 6.71. The Labute approximate surface area is 117 Å². The van der Waals surface area contributed by atoms with Crippen LogP contribution in [0.1, 0.15) is 10.4 Å². The molecule has 20 heavy (non-hydrogen) atoms. The Balaban J connectivity index is 2.43. The van der Waals surface area contributed by atoms with Gasteiger partial charge in [0.1, 0.15) is 10.9 Å². The van der Waals surface area contributed by atoms with Crippen LogP contribution in [0.4, 0.5) is 13.2 Å². The summed E-state index contributed by atoms with van der Waals surface area (Å²) in [5.41, 5.74) is 0.989. The molecule has 0 amide bonds. The first-order valence-electron chi connectivity index (χ1n) is 5.36. The number of aromatic nitrogens is 1. The molecular formula is C13H7ClF3NO2. The highest BCUT2D eigenvalue weighted by atomic mass is 35.5. The third-order valence-electron chi connectivity index (χ3n) is 2.37. The van der Waals surface area contributed by atoms with Crippen LogP contribution in [0.25, 0.3) is 11.1 Å². The Bertz CT molecular complexity index is 644. The van der Waals surface area contributed by atoms with Gasteiger partial charge in [-0.1, -0.05) is 23.7 Å². The van der Waals surface area contributed by atoms with E-state index in [-0.39, 0.29) is 16.5 Å². The maximum absolute atomic E-state index is 12.2. The molecule has 0 unspecified atom stereocenters. The van der Waals surface area contributed by atoms with Gasteiger partial charge in [0, 0.05) is 17.3 Å². The van der Waals surface area contributed by atoms with E-state index in [1.165, 1.54) is 30.5 Å². The van der Waals surface area contributed by atoms with Crippen molar-refractivity contribution in [2.75, 3.05) is 0 Å². The summed E-state index contributed by atoms with van der Waals surface area (Å²) in [6.07, 6.45) is -2.93. The molecule has 0 aliphatic carbocycles. The molecule has 0 aliphatic heterocycles. The number of rotatable bonds is 3. The Hall–Kier alpha value is -2.08. The lowest BCUT2D eigenvalue weighted by atomic mass is 10.1. The molecule has 0 fully saturated rings. The SMILES string of the molecule is O=Cc1cnc(Cl)c(-c2cccc(OC(F)(F)F)c2)c1. The first-order chi connectivity index (χ1) is 9.39. The van der Waals surface area contributed by atoms with Gasteiger partial charge in [-0.2, -0.15) is 0 Å². The molecule has 7 heteroatoms. The Kier molecular flexibility index (Phi) is 3.94. The second-order valence-electron chi connectivity index (χ2n) is 3.80. The van der Waals surface area contributed by atoms with E-state index in [0.717, 1.165) is 0 Å². The molecule has 0 bridgehead atoms. The van der Waals surface area contributed by atoms with Gasteiger partial charge in [0.2, 0.25) is 0 Å². The first kappa shape index (κ1) is 14.3. The molecule has 1 aromatic carbocycles. The summed E-state index contributed by atoms with van der Waals surface area (Å²) < 4.78 is 40.3. The normalized spacial score (nSPS) is 11.2. The van der Waals surface area contributed by atoms with E-state index < -0.39 is 6.36 Å². The predicted octanol–water partition coefficient (Wildman–Crippen LogP) is 4.11. The number of ether oxygens (including phenoxy) is 1. The van der Waals surface area contributed by atoms with Crippen LogP contribution < -0.4 is 4.74 Å². The van der Waals surface area contributed by atoms with Gasteiger partial charge >= 0.3 is 6.36 Å². The van der Waals surface area contributed by atoms with Crippen molar-refractivity contribution in [2.45, 2.75) is 6.36 Å². The molecule has 0 spiro atoms. The summed E-state index contributed by atoms with van der Waals surface area (Å²) in [5.74, 6) is -0.373.